The largest absolute Gasteiger partial charge is 0.342 e. The molecule has 0 radical (unpaired) electrons. The fourth-order valence-electron chi connectivity index (χ4n) is 3.44. The molecule has 2 amide bonds. The van der Waals surface area contributed by atoms with E-state index in [-0.39, 0.29) is 28.4 Å². The lowest BCUT2D eigenvalue weighted by molar-refractivity contribution is -0.115. The topological polar surface area (TPSA) is 74.8 Å². The van der Waals surface area contributed by atoms with Crippen molar-refractivity contribution in [3.8, 4) is 0 Å². The standard InChI is InChI=1S/C23H28N2O4S/c1-4-14-24(3)23(27)19-6-5-7-21(15-19)25(17(2)26)20-10-12-22(13-11-20)30(28,29)16-18-8-9-18/h5-7,10-13,15,18H,4,8-9,14,16H2,1-3H3. The summed E-state index contributed by atoms with van der Waals surface area (Å²) in [4.78, 5) is 28.4. The van der Waals surface area contributed by atoms with E-state index in [2.05, 4.69) is 0 Å². The molecule has 1 aliphatic rings. The highest BCUT2D eigenvalue weighted by molar-refractivity contribution is 7.91. The minimum Gasteiger partial charge on any atom is -0.342 e. The Hall–Kier alpha value is -2.67. The van der Waals surface area contributed by atoms with Crippen LogP contribution >= 0.6 is 0 Å². The highest BCUT2D eigenvalue weighted by atomic mass is 32.2. The van der Waals surface area contributed by atoms with Gasteiger partial charge in [0, 0.05) is 37.5 Å². The molecule has 1 fully saturated rings. The summed E-state index contributed by atoms with van der Waals surface area (Å²) in [7, 11) is -1.56. The molecule has 0 spiro atoms. The number of hydrogen-bond acceptors (Lipinski definition) is 4. The smallest absolute Gasteiger partial charge is 0.253 e. The van der Waals surface area contributed by atoms with Gasteiger partial charge in [-0.15, -0.1) is 0 Å². The number of carbonyl (C=O) groups excluding carboxylic acids is 2. The number of amides is 2. The van der Waals surface area contributed by atoms with Gasteiger partial charge in [-0.2, -0.15) is 0 Å². The third kappa shape index (κ3) is 5.08. The van der Waals surface area contributed by atoms with Gasteiger partial charge in [-0.3, -0.25) is 14.5 Å². The molecular weight excluding hydrogens is 400 g/mol. The molecule has 0 atom stereocenters. The molecule has 3 rings (SSSR count). The zero-order chi connectivity index (χ0) is 21.9. The summed E-state index contributed by atoms with van der Waals surface area (Å²) in [5.41, 5.74) is 1.62. The average Bonchev–Trinajstić information content (AvgIpc) is 3.51. The van der Waals surface area contributed by atoms with Gasteiger partial charge >= 0.3 is 0 Å². The Morgan fingerprint density at radius 2 is 1.70 bits per heavy atom. The van der Waals surface area contributed by atoms with Crippen molar-refractivity contribution < 1.29 is 18.0 Å². The van der Waals surface area contributed by atoms with Crippen LogP contribution in [0.25, 0.3) is 0 Å². The molecule has 0 N–H and O–H groups in total. The molecule has 0 aromatic heterocycles. The molecule has 0 heterocycles. The number of benzene rings is 2. The first-order valence-electron chi connectivity index (χ1n) is 10.2. The first-order chi connectivity index (χ1) is 14.2. The molecule has 1 saturated carbocycles. The van der Waals surface area contributed by atoms with Gasteiger partial charge in [-0.05, 0) is 67.6 Å². The van der Waals surface area contributed by atoms with E-state index in [9.17, 15) is 18.0 Å². The SMILES string of the molecule is CCCN(C)C(=O)c1cccc(N(C(C)=O)c2ccc(S(=O)(=O)CC3CC3)cc2)c1. The Morgan fingerprint density at radius 3 is 2.27 bits per heavy atom. The number of anilines is 2. The summed E-state index contributed by atoms with van der Waals surface area (Å²) >= 11 is 0. The van der Waals surface area contributed by atoms with Crippen molar-refractivity contribution in [2.45, 2.75) is 38.0 Å². The molecule has 160 valence electrons. The Balaban J connectivity index is 1.88. The van der Waals surface area contributed by atoms with Crippen LogP contribution in [0.3, 0.4) is 0 Å². The van der Waals surface area contributed by atoms with Crippen LogP contribution in [0.15, 0.2) is 53.4 Å². The second-order valence-electron chi connectivity index (χ2n) is 7.85. The van der Waals surface area contributed by atoms with Gasteiger partial charge in [-0.25, -0.2) is 8.42 Å². The van der Waals surface area contributed by atoms with Gasteiger partial charge in [-0.1, -0.05) is 13.0 Å². The van der Waals surface area contributed by atoms with E-state index in [1.165, 1.54) is 11.8 Å². The Labute approximate surface area is 178 Å². The van der Waals surface area contributed by atoms with Crippen molar-refractivity contribution >= 4 is 33.0 Å². The molecule has 1 aliphatic carbocycles. The van der Waals surface area contributed by atoms with Gasteiger partial charge in [0.15, 0.2) is 9.84 Å². The van der Waals surface area contributed by atoms with E-state index in [4.69, 9.17) is 0 Å². The molecule has 30 heavy (non-hydrogen) atoms. The highest BCUT2D eigenvalue weighted by Crippen LogP contribution is 2.33. The highest BCUT2D eigenvalue weighted by Gasteiger charge is 2.29. The van der Waals surface area contributed by atoms with Crippen LogP contribution in [0, 0.1) is 5.92 Å². The van der Waals surface area contributed by atoms with E-state index < -0.39 is 9.84 Å². The first-order valence-corrected chi connectivity index (χ1v) is 11.9. The van der Waals surface area contributed by atoms with Crippen LogP contribution in [0.1, 0.15) is 43.5 Å². The molecule has 0 bridgehead atoms. The van der Waals surface area contributed by atoms with Gasteiger partial charge in [0.1, 0.15) is 0 Å². The van der Waals surface area contributed by atoms with Crippen LogP contribution in [0.5, 0.6) is 0 Å². The summed E-state index contributed by atoms with van der Waals surface area (Å²) in [6.45, 7) is 4.10. The van der Waals surface area contributed by atoms with Gasteiger partial charge in [0.05, 0.1) is 10.6 Å². The maximum Gasteiger partial charge on any atom is 0.253 e. The van der Waals surface area contributed by atoms with Crippen molar-refractivity contribution in [1.82, 2.24) is 4.90 Å². The van der Waals surface area contributed by atoms with E-state index >= 15 is 0 Å². The Kier molecular flexibility index (Phi) is 6.61. The van der Waals surface area contributed by atoms with Crippen molar-refractivity contribution in [1.29, 1.82) is 0 Å². The van der Waals surface area contributed by atoms with Gasteiger partial charge in [0.25, 0.3) is 5.91 Å². The predicted octanol–water partition coefficient (Wildman–Crippen LogP) is 4.04. The van der Waals surface area contributed by atoms with Crippen LogP contribution in [-0.2, 0) is 14.6 Å². The summed E-state index contributed by atoms with van der Waals surface area (Å²) in [6.07, 6.45) is 2.80. The number of nitrogens with zero attached hydrogens (tertiary/aromatic N) is 2. The number of sulfone groups is 1. The summed E-state index contributed by atoms with van der Waals surface area (Å²) < 4.78 is 25.0. The first kappa shape index (κ1) is 22.0. The second kappa shape index (κ2) is 9.00. The zero-order valence-corrected chi connectivity index (χ0v) is 18.5. The monoisotopic (exact) mass is 428 g/mol. The fourth-order valence-corrected chi connectivity index (χ4v) is 5.14. The van der Waals surface area contributed by atoms with E-state index in [0.717, 1.165) is 19.3 Å². The lowest BCUT2D eigenvalue weighted by Crippen LogP contribution is -2.28. The third-order valence-electron chi connectivity index (χ3n) is 5.18. The zero-order valence-electron chi connectivity index (χ0n) is 17.7. The van der Waals surface area contributed by atoms with Crippen molar-refractivity contribution in [2.75, 3.05) is 24.2 Å². The van der Waals surface area contributed by atoms with E-state index in [1.54, 1.807) is 60.5 Å². The number of carbonyl (C=O) groups is 2. The molecular formula is C23H28N2O4S. The summed E-state index contributed by atoms with van der Waals surface area (Å²) in [5, 5.41) is 0. The normalized spacial score (nSPS) is 13.7. The maximum atomic E-state index is 12.6. The molecule has 6 nitrogen and oxygen atoms in total. The average molecular weight is 429 g/mol. The maximum absolute atomic E-state index is 12.6. The minimum atomic E-state index is -3.31. The molecule has 2 aromatic rings. The van der Waals surface area contributed by atoms with E-state index in [0.29, 0.717) is 23.5 Å². The predicted molar refractivity (Wildman–Crippen MR) is 118 cm³/mol. The van der Waals surface area contributed by atoms with Crippen molar-refractivity contribution in [2.24, 2.45) is 5.92 Å². The molecule has 2 aromatic carbocycles. The quantitative estimate of drug-likeness (QED) is 0.636. The lowest BCUT2D eigenvalue weighted by atomic mass is 10.1. The molecule has 0 unspecified atom stereocenters. The minimum absolute atomic E-state index is 0.108. The summed E-state index contributed by atoms with van der Waals surface area (Å²) in [6, 6.07) is 13.3. The fraction of sp³-hybridized carbons (Fsp3) is 0.391. The molecule has 0 saturated heterocycles. The third-order valence-corrected chi connectivity index (χ3v) is 7.08. The van der Waals surface area contributed by atoms with Gasteiger partial charge in [0.2, 0.25) is 5.91 Å². The van der Waals surface area contributed by atoms with Crippen LogP contribution < -0.4 is 4.90 Å². The van der Waals surface area contributed by atoms with Crippen molar-refractivity contribution in [3.63, 3.8) is 0 Å². The van der Waals surface area contributed by atoms with E-state index in [1.807, 2.05) is 6.92 Å². The van der Waals surface area contributed by atoms with Crippen LogP contribution in [0.2, 0.25) is 0 Å². The van der Waals surface area contributed by atoms with Gasteiger partial charge < -0.3 is 4.90 Å². The lowest BCUT2D eigenvalue weighted by Gasteiger charge is -2.23. The molecule has 0 aliphatic heterocycles. The second-order valence-corrected chi connectivity index (χ2v) is 9.88. The summed E-state index contributed by atoms with van der Waals surface area (Å²) in [5.74, 6) is 0.117. The van der Waals surface area contributed by atoms with Crippen LogP contribution in [0.4, 0.5) is 11.4 Å². The number of hydrogen-bond donors (Lipinski definition) is 0. The Bertz CT molecular complexity index is 1030. The number of rotatable bonds is 8. The van der Waals surface area contributed by atoms with Crippen LogP contribution in [-0.4, -0.2) is 44.5 Å². The molecule has 7 heteroatoms. The van der Waals surface area contributed by atoms with Crippen molar-refractivity contribution in [3.05, 3.63) is 54.1 Å². The Morgan fingerprint density at radius 1 is 1.03 bits per heavy atom.